The topological polar surface area (TPSA) is 40.5 Å². The molecular weight excluding hydrogens is 380 g/mol. The number of hydrazone groups is 1. The molecule has 1 unspecified atom stereocenters. The van der Waals surface area contributed by atoms with Gasteiger partial charge in [-0.3, -0.25) is 9.99 Å². The first-order chi connectivity index (χ1) is 15.3. The van der Waals surface area contributed by atoms with Gasteiger partial charge in [0, 0.05) is 30.2 Å². The zero-order chi connectivity index (χ0) is 21.0. The summed E-state index contributed by atoms with van der Waals surface area (Å²) in [5.74, 6) is 0. The second-order valence-electron chi connectivity index (χ2n) is 7.80. The van der Waals surface area contributed by atoms with E-state index in [1.54, 1.807) is 12.4 Å². The number of anilines is 3. The summed E-state index contributed by atoms with van der Waals surface area (Å²) in [7, 11) is 0. The summed E-state index contributed by atoms with van der Waals surface area (Å²) in [6, 6.07) is 31.8. The van der Waals surface area contributed by atoms with Crippen LogP contribution in [0.1, 0.15) is 29.2 Å². The van der Waals surface area contributed by atoms with E-state index in [0.29, 0.717) is 0 Å². The Morgan fingerprint density at radius 2 is 1.58 bits per heavy atom. The highest BCUT2D eigenvalue weighted by molar-refractivity contribution is 6.04. The fourth-order valence-electron chi connectivity index (χ4n) is 3.93. The number of aryl methyl sites for hydroxylation is 1. The van der Waals surface area contributed by atoms with Crippen molar-refractivity contribution in [1.29, 1.82) is 0 Å². The molecule has 5 rings (SSSR count). The predicted octanol–water partition coefficient (Wildman–Crippen LogP) is 6.49. The minimum atomic E-state index is 0.176. The van der Waals surface area contributed by atoms with Crippen LogP contribution >= 0.6 is 0 Å². The Balaban J connectivity index is 1.47. The first-order valence-corrected chi connectivity index (χ1v) is 10.5. The molecule has 1 N–H and O–H groups in total. The number of pyridine rings is 1. The van der Waals surface area contributed by atoms with Gasteiger partial charge in [-0.2, -0.15) is 5.10 Å². The summed E-state index contributed by atoms with van der Waals surface area (Å²) in [5, 5.41) is 10.7. The zero-order valence-electron chi connectivity index (χ0n) is 17.4. The van der Waals surface area contributed by atoms with Crippen molar-refractivity contribution in [3.05, 3.63) is 120 Å². The van der Waals surface area contributed by atoms with Crippen LogP contribution in [0, 0.1) is 6.92 Å². The fraction of sp³-hybridized carbons (Fsp3) is 0.111. The van der Waals surface area contributed by atoms with Gasteiger partial charge in [0.25, 0.3) is 0 Å². The van der Waals surface area contributed by atoms with Gasteiger partial charge in [-0.15, -0.1) is 0 Å². The molecule has 1 aliphatic heterocycles. The number of hydrogen-bond donors (Lipinski definition) is 1. The van der Waals surface area contributed by atoms with Crippen LogP contribution in [0.5, 0.6) is 0 Å². The molecule has 0 saturated carbocycles. The van der Waals surface area contributed by atoms with Crippen LogP contribution in [-0.2, 0) is 0 Å². The molecule has 1 aromatic heterocycles. The van der Waals surface area contributed by atoms with Crippen LogP contribution in [0.3, 0.4) is 0 Å². The second-order valence-corrected chi connectivity index (χ2v) is 7.80. The Hall–Kier alpha value is -3.92. The van der Waals surface area contributed by atoms with Gasteiger partial charge in [-0.25, -0.2) is 0 Å². The molecule has 1 atom stereocenters. The summed E-state index contributed by atoms with van der Waals surface area (Å²) >= 11 is 0. The maximum atomic E-state index is 5.07. The first kappa shape index (κ1) is 19.1. The predicted molar refractivity (Wildman–Crippen MR) is 128 cm³/mol. The van der Waals surface area contributed by atoms with Crippen molar-refractivity contribution in [2.24, 2.45) is 5.10 Å². The number of aromatic nitrogens is 1. The molecule has 0 fully saturated rings. The van der Waals surface area contributed by atoms with Gasteiger partial charge in [0.05, 0.1) is 17.4 Å². The number of nitrogens with one attached hydrogen (secondary N) is 1. The third kappa shape index (κ3) is 4.19. The minimum absolute atomic E-state index is 0.176. The standard InChI is InChI=1S/C27H24N4/c1-20-10-12-21(13-11-20)27-19-26(30-31(27)25-8-3-2-4-9-25)22-6-5-7-24(18-22)29-23-14-16-28-17-15-23/h2-18,27H,19H2,1H3,(H,28,29). The van der Waals surface area contributed by atoms with Crippen molar-refractivity contribution >= 4 is 22.8 Å². The quantitative estimate of drug-likeness (QED) is 0.413. The SMILES string of the molecule is Cc1ccc(C2CC(c3cccc(Nc4ccncc4)c3)=NN2c2ccccc2)cc1. The molecule has 31 heavy (non-hydrogen) atoms. The summed E-state index contributed by atoms with van der Waals surface area (Å²) in [5.41, 5.74) is 7.93. The van der Waals surface area contributed by atoms with Crippen LogP contribution in [0.4, 0.5) is 17.1 Å². The highest BCUT2D eigenvalue weighted by Crippen LogP contribution is 2.37. The van der Waals surface area contributed by atoms with Crippen LogP contribution in [0.15, 0.2) is 108 Å². The number of benzene rings is 3. The van der Waals surface area contributed by atoms with E-state index in [-0.39, 0.29) is 6.04 Å². The Kier molecular flexibility index (Phi) is 5.19. The Morgan fingerprint density at radius 3 is 2.35 bits per heavy atom. The van der Waals surface area contributed by atoms with E-state index in [0.717, 1.165) is 34.8 Å². The summed E-state index contributed by atoms with van der Waals surface area (Å²) in [6.45, 7) is 2.12. The fourth-order valence-corrected chi connectivity index (χ4v) is 3.93. The molecule has 4 heteroatoms. The van der Waals surface area contributed by atoms with Crippen LogP contribution in [0.25, 0.3) is 0 Å². The highest BCUT2D eigenvalue weighted by Gasteiger charge is 2.29. The summed E-state index contributed by atoms with van der Waals surface area (Å²) in [4.78, 5) is 4.08. The van der Waals surface area contributed by atoms with E-state index in [9.17, 15) is 0 Å². The van der Waals surface area contributed by atoms with Gasteiger partial charge < -0.3 is 5.32 Å². The maximum absolute atomic E-state index is 5.07. The van der Waals surface area contributed by atoms with Crippen molar-refractivity contribution in [3.63, 3.8) is 0 Å². The highest BCUT2D eigenvalue weighted by atomic mass is 15.5. The van der Waals surface area contributed by atoms with Gasteiger partial charge in [0.1, 0.15) is 0 Å². The lowest BCUT2D eigenvalue weighted by molar-refractivity contribution is 0.709. The molecule has 2 heterocycles. The lowest BCUT2D eigenvalue weighted by Gasteiger charge is -2.24. The van der Waals surface area contributed by atoms with E-state index >= 15 is 0 Å². The number of nitrogens with zero attached hydrogens (tertiary/aromatic N) is 3. The zero-order valence-corrected chi connectivity index (χ0v) is 17.4. The second kappa shape index (κ2) is 8.44. The summed E-state index contributed by atoms with van der Waals surface area (Å²) < 4.78 is 0. The van der Waals surface area contributed by atoms with E-state index in [1.165, 1.54) is 11.1 Å². The first-order valence-electron chi connectivity index (χ1n) is 10.5. The number of hydrogen-bond acceptors (Lipinski definition) is 4. The lowest BCUT2D eigenvalue weighted by atomic mass is 9.97. The molecular formula is C27H24N4. The molecule has 0 radical (unpaired) electrons. The van der Waals surface area contributed by atoms with Crippen LogP contribution in [-0.4, -0.2) is 10.7 Å². The number of para-hydroxylation sites is 1. The Morgan fingerprint density at radius 1 is 0.806 bits per heavy atom. The van der Waals surface area contributed by atoms with Crippen molar-refractivity contribution in [1.82, 2.24) is 4.98 Å². The van der Waals surface area contributed by atoms with Crippen LogP contribution < -0.4 is 10.3 Å². The Labute approximate surface area is 182 Å². The average Bonchev–Trinajstić information content (AvgIpc) is 3.27. The molecule has 4 nitrogen and oxygen atoms in total. The third-order valence-corrected chi connectivity index (χ3v) is 5.56. The largest absolute Gasteiger partial charge is 0.355 e. The van der Waals surface area contributed by atoms with Crippen molar-refractivity contribution in [2.75, 3.05) is 10.3 Å². The van der Waals surface area contributed by atoms with E-state index in [2.05, 4.69) is 95.0 Å². The smallest absolute Gasteiger partial charge is 0.0831 e. The van der Waals surface area contributed by atoms with Gasteiger partial charge >= 0.3 is 0 Å². The van der Waals surface area contributed by atoms with Crippen molar-refractivity contribution in [2.45, 2.75) is 19.4 Å². The molecule has 0 bridgehead atoms. The van der Waals surface area contributed by atoms with E-state index in [1.807, 2.05) is 18.2 Å². The molecule has 3 aromatic carbocycles. The third-order valence-electron chi connectivity index (χ3n) is 5.56. The molecule has 0 spiro atoms. The summed E-state index contributed by atoms with van der Waals surface area (Å²) in [6.07, 6.45) is 4.44. The lowest BCUT2D eigenvalue weighted by Crippen LogP contribution is -2.18. The van der Waals surface area contributed by atoms with Gasteiger partial charge in [-0.05, 0) is 54.4 Å². The molecule has 4 aromatic rings. The van der Waals surface area contributed by atoms with E-state index < -0.39 is 0 Å². The van der Waals surface area contributed by atoms with Crippen molar-refractivity contribution < 1.29 is 0 Å². The average molecular weight is 405 g/mol. The van der Waals surface area contributed by atoms with Gasteiger partial charge in [0.2, 0.25) is 0 Å². The monoisotopic (exact) mass is 404 g/mol. The van der Waals surface area contributed by atoms with Crippen molar-refractivity contribution in [3.8, 4) is 0 Å². The Bertz CT molecular complexity index is 1180. The van der Waals surface area contributed by atoms with Gasteiger partial charge in [0.15, 0.2) is 0 Å². The van der Waals surface area contributed by atoms with E-state index in [4.69, 9.17) is 5.10 Å². The molecule has 0 aliphatic carbocycles. The normalized spacial score (nSPS) is 15.6. The maximum Gasteiger partial charge on any atom is 0.0831 e. The molecule has 1 aliphatic rings. The van der Waals surface area contributed by atoms with Gasteiger partial charge in [-0.1, -0.05) is 60.2 Å². The number of rotatable bonds is 5. The molecule has 0 saturated heterocycles. The molecule has 152 valence electrons. The molecule has 0 amide bonds. The van der Waals surface area contributed by atoms with Crippen LogP contribution in [0.2, 0.25) is 0 Å². The minimum Gasteiger partial charge on any atom is -0.355 e.